The lowest BCUT2D eigenvalue weighted by molar-refractivity contribution is 0.322. The van der Waals surface area contributed by atoms with Gasteiger partial charge in [0, 0.05) is 12.1 Å². The van der Waals surface area contributed by atoms with Crippen molar-refractivity contribution in [3.05, 3.63) is 81.5 Å². The Balaban J connectivity index is 1.60. The Morgan fingerprint density at radius 2 is 1.65 bits per heavy atom. The molecule has 1 heterocycles. The third-order valence-electron chi connectivity index (χ3n) is 5.37. The van der Waals surface area contributed by atoms with Crippen LogP contribution in [0.1, 0.15) is 11.1 Å². The van der Waals surface area contributed by atoms with E-state index in [-0.39, 0.29) is 16.3 Å². The predicted octanol–water partition coefficient (Wildman–Crippen LogP) is 3.62. The van der Waals surface area contributed by atoms with E-state index >= 15 is 0 Å². The molecule has 1 aromatic heterocycles. The van der Waals surface area contributed by atoms with Crippen LogP contribution in [0, 0.1) is 0 Å². The molecule has 0 amide bonds. The Labute approximate surface area is 201 Å². The molecule has 0 radical (unpaired) electrons. The highest BCUT2D eigenvalue weighted by Gasteiger charge is 2.20. The molecule has 0 unspecified atom stereocenters. The lowest BCUT2D eigenvalue weighted by atomic mass is 10.1. The van der Waals surface area contributed by atoms with Gasteiger partial charge in [-0.3, -0.25) is 9.36 Å². The zero-order valence-corrected chi connectivity index (χ0v) is 20.5. The number of methoxy groups -OCH3 is 3. The monoisotopic (exact) mass is 500 g/mol. The van der Waals surface area contributed by atoms with Crippen LogP contribution in [-0.2, 0) is 23.1 Å². The smallest absolute Gasteiger partial charge is 0.308 e. The third-order valence-corrected chi connectivity index (χ3v) is 7.71. The maximum absolute atomic E-state index is 13.0. The van der Waals surface area contributed by atoms with Gasteiger partial charge in [0.05, 0.1) is 43.0 Å². The molecule has 0 aliphatic heterocycles. The summed E-state index contributed by atoms with van der Waals surface area (Å²) in [6, 6.07) is 17.7. The first-order chi connectivity index (χ1) is 16.4. The van der Waals surface area contributed by atoms with E-state index in [0.29, 0.717) is 39.6 Å². The molecule has 0 atom stereocenters. The standard InChI is InChI=1S/C24H24N2O6S2/c1-30-20-12-9-17(22(31-2)23(20)32-3)14-25-34(28,29)18-10-11-19-21(13-18)33-24(27)26(19)15-16-7-5-4-6-8-16/h4-13,25H,14-15H2,1-3H3. The molecular weight excluding hydrogens is 476 g/mol. The van der Waals surface area contributed by atoms with Crippen molar-refractivity contribution in [1.29, 1.82) is 0 Å². The number of benzene rings is 3. The van der Waals surface area contributed by atoms with Crippen molar-refractivity contribution >= 4 is 31.6 Å². The van der Waals surface area contributed by atoms with Crippen LogP contribution >= 0.6 is 11.3 Å². The first-order valence-corrected chi connectivity index (χ1v) is 12.6. The van der Waals surface area contributed by atoms with Crippen molar-refractivity contribution < 1.29 is 22.6 Å². The van der Waals surface area contributed by atoms with Gasteiger partial charge in [-0.05, 0) is 29.8 Å². The summed E-state index contributed by atoms with van der Waals surface area (Å²) in [6.45, 7) is 0.401. The molecule has 0 aliphatic carbocycles. The van der Waals surface area contributed by atoms with Crippen molar-refractivity contribution in [2.24, 2.45) is 0 Å². The number of aromatic nitrogens is 1. The fourth-order valence-corrected chi connectivity index (χ4v) is 5.72. The fraction of sp³-hybridized carbons (Fsp3) is 0.208. The third kappa shape index (κ3) is 4.65. The average molecular weight is 501 g/mol. The van der Waals surface area contributed by atoms with E-state index in [1.54, 1.807) is 22.8 Å². The van der Waals surface area contributed by atoms with Crippen LogP contribution in [0.5, 0.6) is 17.2 Å². The van der Waals surface area contributed by atoms with Gasteiger partial charge in [0.1, 0.15) is 0 Å². The maximum Gasteiger partial charge on any atom is 0.308 e. The lowest BCUT2D eigenvalue weighted by Gasteiger charge is -2.16. The number of thiazole rings is 1. The van der Waals surface area contributed by atoms with Crippen LogP contribution in [0.25, 0.3) is 10.2 Å². The van der Waals surface area contributed by atoms with Gasteiger partial charge in [-0.15, -0.1) is 0 Å². The molecule has 34 heavy (non-hydrogen) atoms. The van der Waals surface area contributed by atoms with E-state index in [1.807, 2.05) is 30.3 Å². The molecule has 0 saturated carbocycles. The fourth-order valence-electron chi connectivity index (χ4n) is 3.69. The van der Waals surface area contributed by atoms with Crippen LogP contribution in [0.2, 0.25) is 0 Å². The number of sulfonamides is 1. The zero-order valence-electron chi connectivity index (χ0n) is 18.9. The molecule has 10 heteroatoms. The van der Waals surface area contributed by atoms with Crippen molar-refractivity contribution in [2.75, 3.05) is 21.3 Å². The molecule has 0 bridgehead atoms. The van der Waals surface area contributed by atoms with Crippen molar-refractivity contribution in [2.45, 2.75) is 18.0 Å². The molecule has 0 fully saturated rings. The van der Waals surface area contributed by atoms with Crippen molar-refractivity contribution in [3.8, 4) is 17.2 Å². The molecule has 4 aromatic rings. The molecule has 0 saturated heterocycles. The number of hydrogen-bond donors (Lipinski definition) is 1. The highest BCUT2D eigenvalue weighted by Crippen LogP contribution is 2.39. The second-order valence-corrected chi connectivity index (χ2v) is 10.1. The quantitative estimate of drug-likeness (QED) is 0.377. The predicted molar refractivity (Wildman–Crippen MR) is 132 cm³/mol. The van der Waals surface area contributed by atoms with Gasteiger partial charge in [-0.2, -0.15) is 0 Å². The summed E-state index contributed by atoms with van der Waals surface area (Å²) in [6.07, 6.45) is 0. The van der Waals surface area contributed by atoms with Crippen LogP contribution in [-0.4, -0.2) is 34.3 Å². The summed E-state index contributed by atoms with van der Waals surface area (Å²) in [5, 5.41) is 0. The minimum absolute atomic E-state index is 0.0187. The van der Waals surface area contributed by atoms with Gasteiger partial charge in [0.25, 0.3) is 0 Å². The number of hydrogen-bond acceptors (Lipinski definition) is 7. The Hall–Kier alpha value is -3.34. The Morgan fingerprint density at radius 1 is 0.912 bits per heavy atom. The van der Waals surface area contributed by atoms with Crippen molar-refractivity contribution in [3.63, 3.8) is 0 Å². The summed E-state index contributed by atoms with van der Waals surface area (Å²) in [4.78, 5) is 12.5. The second-order valence-electron chi connectivity index (χ2n) is 7.39. The SMILES string of the molecule is COc1ccc(CNS(=O)(=O)c2ccc3c(c2)sc(=O)n3Cc2ccccc2)c(OC)c1OC. The lowest BCUT2D eigenvalue weighted by Crippen LogP contribution is -2.23. The molecule has 1 N–H and O–H groups in total. The Kier molecular flexibility index (Phi) is 6.92. The van der Waals surface area contributed by atoms with E-state index in [9.17, 15) is 13.2 Å². The molecular formula is C24H24N2O6S2. The highest BCUT2D eigenvalue weighted by molar-refractivity contribution is 7.89. The van der Waals surface area contributed by atoms with Gasteiger partial charge < -0.3 is 14.2 Å². The van der Waals surface area contributed by atoms with E-state index in [2.05, 4.69) is 4.72 Å². The first-order valence-electron chi connectivity index (χ1n) is 10.3. The van der Waals surface area contributed by atoms with Gasteiger partial charge in [-0.25, -0.2) is 13.1 Å². The largest absolute Gasteiger partial charge is 0.493 e. The number of ether oxygens (including phenoxy) is 3. The Morgan fingerprint density at radius 3 is 2.32 bits per heavy atom. The normalized spacial score (nSPS) is 11.5. The summed E-state index contributed by atoms with van der Waals surface area (Å²) >= 11 is 1.02. The number of nitrogens with zero attached hydrogens (tertiary/aromatic N) is 1. The average Bonchev–Trinajstić information content (AvgIpc) is 3.16. The van der Waals surface area contributed by atoms with E-state index < -0.39 is 10.0 Å². The van der Waals surface area contributed by atoms with Gasteiger partial charge in [0.2, 0.25) is 15.8 Å². The summed E-state index contributed by atoms with van der Waals surface area (Å²) < 4.78 is 46.9. The topological polar surface area (TPSA) is 95.9 Å². The van der Waals surface area contributed by atoms with E-state index in [1.165, 1.54) is 33.5 Å². The van der Waals surface area contributed by atoms with Gasteiger partial charge in [0.15, 0.2) is 11.5 Å². The van der Waals surface area contributed by atoms with Crippen LogP contribution in [0.3, 0.4) is 0 Å². The van der Waals surface area contributed by atoms with Crippen molar-refractivity contribution in [1.82, 2.24) is 9.29 Å². The van der Waals surface area contributed by atoms with Gasteiger partial charge in [-0.1, -0.05) is 47.7 Å². The summed E-state index contributed by atoms with van der Waals surface area (Å²) in [5.74, 6) is 1.25. The number of fused-ring (bicyclic) bond motifs is 1. The molecule has 0 spiro atoms. The van der Waals surface area contributed by atoms with E-state index in [4.69, 9.17) is 14.2 Å². The number of nitrogens with one attached hydrogen (secondary N) is 1. The van der Waals surface area contributed by atoms with Crippen LogP contribution in [0.4, 0.5) is 0 Å². The first kappa shape index (κ1) is 23.8. The summed E-state index contributed by atoms with van der Waals surface area (Å²) in [5.41, 5.74) is 2.27. The minimum atomic E-state index is -3.85. The molecule has 0 aliphatic rings. The molecule has 178 valence electrons. The zero-order chi connectivity index (χ0) is 24.3. The van der Waals surface area contributed by atoms with Gasteiger partial charge >= 0.3 is 4.87 Å². The maximum atomic E-state index is 13.0. The highest BCUT2D eigenvalue weighted by atomic mass is 32.2. The Bertz CT molecular complexity index is 1480. The summed E-state index contributed by atoms with van der Waals surface area (Å²) in [7, 11) is 0.619. The molecule has 3 aromatic carbocycles. The van der Waals surface area contributed by atoms with Crippen LogP contribution in [0.15, 0.2) is 70.4 Å². The van der Waals surface area contributed by atoms with Crippen LogP contribution < -0.4 is 23.8 Å². The van der Waals surface area contributed by atoms with E-state index in [0.717, 1.165) is 16.9 Å². The molecule has 8 nitrogen and oxygen atoms in total. The minimum Gasteiger partial charge on any atom is -0.493 e. The second kappa shape index (κ2) is 9.88. The number of rotatable bonds is 9. The molecule has 4 rings (SSSR count).